The highest BCUT2D eigenvalue weighted by Crippen LogP contribution is 2.13. The molecule has 0 saturated carbocycles. The highest BCUT2D eigenvalue weighted by Gasteiger charge is 2.20. The summed E-state index contributed by atoms with van der Waals surface area (Å²) in [6, 6.07) is 7.60. The van der Waals surface area contributed by atoms with E-state index in [1.165, 1.54) is 6.20 Å². The Morgan fingerprint density at radius 2 is 1.86 bits per heavy atom. The zero-order chi connectivity index (χ0) is 15.4. The van der Waals surface area contributed by atoms with Crippen molar-refractivity contribution in [2.75, 3.05) is 5.73 Å². The number of benzene rings is 1. The molecule has 0 spiro atoms. The summed E-state index contributed by atoms with van der Waals surface area (Å²) < 4.78 is 0. The quantitative estimate of drug-likeness (QED) is 0.875. The van der Waals surface area contributed by atoms with Crippen molar-refractivity contribution < 1.29 is 4.79 Å². The van der Waals surface area contributed by atoms with Crippen molar-refractivity contribution in [1.29, 1.82) is 0 Å². The first-order valence-electron chi connectivity index (χ1n) is 6.91. The van der Waals surface area contributed by atoms with Gasteiger partial charge in [-0.15, -0.1) is 0 Å². The molecule has 2 aromatic rings. The lowest BCUT2D eigenvalue weighted by molar-refractivity contribution is 0.0683. The highest BCUT2D eigenvalue weighted by molar-refractivity contribution is 5.92. The number of nitrogen functional groups attached to an aromatic ring is 1. The van der Waals surface area contributed by atoms with Crippen LogP contribution in [0, 0.1) is 6.92 Å². The molecule has 21 heavy (non-hydrogen) atoms. The van der Waals surface area contributed by atoms with E-state index in [-0.39, 0.29) is 11.9 Å². The number of anilines is 1. The molecule has 1 aromatic carbocycles. The lowest BCUT2D eigenvalue weighted by Gasteiger charge is -2.26. The zero-order valence-electron chi connectivity index (χ0n) is 12.6. The Labute approximate surface area is 124 Å². The van der Waals surface area contributed by atoms with E-state index in [4.69, 9.17) is 5.73 Å². The predicted octanol–water partition coefficient (Wildman–Crippen LogP) is 2.42. The summed E-state index contributed by atoms with van der Waals surface area (Å²) >= 11 is 0. The molecule has 5 nitrogen and oxygen atoms in total. The molecule has 0 unspecified atom stereocenters. The molecule has 1 heterocycles. The molecular weight excluding hydrogens is 264 g/mol. The molecule has 1 amide bonds. The lowest BCUT2D eigenvalue weighted by atomic mass is 10.1. The molecule has 0 aliphatic heterocycles. The first-order valence-corrected chi connectivity index (χ1v) is 6.91. The van der Waals surface area contributed by atoms with E-state index in [1.54, 1.807) is 11.1 Å². The summed E-state index contributed by atoms with van der Waals surface area (Å²) in [5.41, 5.74) is 8.59. The third-order valence-corrected chi connectivity index (χ3v) is 3.22. The average molecular weight is 284 g/mol. The van der Waals surface area contributed by atoms with Crippen LogP contribution >= 0.6 is 0 Å². The van der Waals surface area contributed by atoms with Gasteiger partial charge in [0.2, 0.25) is 0 Å². The SMILES string of the molecule is Cc1cnc(C(=O)N(Cc2ccc(N)cc2)C(C)C)cn1. The van der Waals surface area contributed by atoms with Crippen molar-refractivity contribution in [2.24, 2.45) is 0 Å². The van der Waals surface area contributed by atoms with Gasteiger partial charge in [0.05, 0.1) is 11.9 Å². The number of aryl methyl sites for hydroxylation is 1. The molecule has 0 saturated heterocycles. The predicted molar refractivity (Wildman–Crippen MR) is 82.6 cm³/mol. The Hall–Kier alpha value is -2.43. The van der Waals surface area contributed by atoms with E-state index in [0.717, 1.165) is 11.3 Å². The molecule has 0 atom stereocenters. The largest absolute Gasteiger partial charge is 0.399 e. The van der Waals surface area contributed by atoms with Crippen LogP contribution in [0.5, 0.6) is 0 Å². The summed E-state index contributed by atoms with van der Waals surface area (Å²) in [6.07, 6.45) is 3.13. The van der Waals surface area contributed by atoms with E-state index in [2.05, 4.69) is 9.97 Å². The summed E-state index contributed by atoms with van der Waals surface area (Å²) in [6.45, 7) is 6.33. The van der Waals surface area contributed by atoms with Crippen molar-refractivity contribution in [1.82, 2.24) is 14.9 Å². The van der Waals surface area contributed by atoms with Gasteiger partial charge in [-0.05, 0) is 38.5 Å². The van der Waals surface area contributed by atoms with Crippen LogP contribution in [0.15, 0.2) is 36.7 Å². The van der Waals surface area contributed by atoms with Crippen LogP contribution in [0.4, 0.5) is 5.69 Å². The Kier molecular flexibility index (Phi) is 4.52. The number of nitrogens with zero attached hydrogens (tertiary/aromatic N) is 3. The number of hydrogen-bond donors (Lipinski definition) is 1. The van der Waals surface area contributed by atoms with Crippen molar-refractivity contribution >= 4 is 11.6 Å². The van der Waals surface area contributed by atoms with Crippen molar-refractivity contribution in [2.45, 2.75) is 33.4 Å². The fourth-order valence-corrected chi connectivity index (χ4v) is 1.96. The van der Waals surface area contributed by atoms with E-state index >= 15 is 0 Å². The number of rotatable bonds is 4. The first kappa shape index (κ1) is 15.0. The Bertz CT molecular complexity index is 605. The van der Waals surface area contributed by atoms with Gasteiger partial charge in [-0.2, -0.15) is 0 Å². The molecule has 5 heteroatoms. The summed E-state index contributed by atoms with van der Waals surface area (Å²) in [4.78, 5) is 22.6. The fourth-order valence-electron chi connectivity index (χ4n) is 1.96. The molecule has 2 N–H and O–H groups in total. The third kappa shape index (κ3) is 3.78. The number of nitrogens with two attached hydrogens (primary N) is 1. The van der Waals surface area contributed by atoms with Crippen molar-refractivity contribution in [3.63, 3.8) is 0 Å². The van der Waals surface area contributed by atoms with E-state index in [0.29, 0.717) is 17.9 Å². The number of carbonyl (C=O) groups is 1. The smallest absolute Gasteiger partial charge is 0.274 e. The first-order chi connectivity index (χ1) is 9.97. The van der Waals surface area contributed by atoms with Crippen LogP contribution in [-0.4, -0.2) is 26.8 Å². The number of amides is 1. The van der Waals surface area contributed by atoms with Crippen LogP contribution in [0.3, 0.4) is 0 Å². The minimum atomic E-state index is -0.116. The molecule has 0 fully saturated rings. The van der Waals surface area contributed by atoms with Crippen molar-refractivity contribution in [3.8, 4) is 0 Å². The van der Waals surface area contributed by atoms with Gasteiger partial charge in [0.25, 0.3) is 5.91 Å². The summed E-state index contributed by atoms with van der Waals surface area (Å²) in [7, 11) is 0. The molecule has 0 bridgehead atoms. The van der Waals surface area contributed by atoms with Gasteiger partial charge < -0.3 is 10.6 Å². The van der Waals surface area contributed by atoms with Gasteiger partial charge in [-0.3, -0.25) is 9.78 Å². The average Bonchev–Trinajstić information content (AvgIpc) is 2.46. The molecule has 0 aliphatic carbocycles. The van der Waals surface area contributed by atoms with Crippen molar-refractivity contribution in [3.05, 3.63) is 53.6 Å². The van der Waals surface area contributed by atoms with Gasteiger partial charge >= 0.3 is 0 Å². The Balaban J connectivity index is 2.20. The van der Waals surface area contributed by atoms with Gasteiger partial charge in [0, 0.05) is 24.5 Å². The number of carbonyl (C=O) groups excluding carboxylic acids is 1. The lowest BCUT2D eigenvalue weighted by Crippen LogP contribution is -2.37. The highest BCUT2D eigenvalue weighted by atomic mass is 16.2. The normalized spacial score (nSPS) is 10.7. The maximum absolute atomic E-state index is 12.6. The van der Waals surface area contributed by atoms with Gasteiger partial charge in [-0.25, -0.2) is 4.98 Å². The molecule has 2 rings (SSSR count). The minimum Gasteiger partial charge on any atom is -0.399 e. The maximum atomic E-state index is 12.6. The standard InChI is InChI=1S/C16H20N4O/c1-11(2)20(10-13-4-6-14(17)7-5-13)16(21)15-9-18-12(3)8-19-15/h4-9,11H,10,17H2,1-3H3. The fraction of sp³-hybridized carbons (Fsp3) is 0.312. The van der Waals surface area contributed by atoms with E-state index in [1.807, 2.05) is 45.0 Å². The molecule has 0 radical (unpaired) electrons. The second kappa shape index (κ2) is 6.35. The summed E-state index contributed by atoms with van der Waals surface area (Å²) in [5, 5.41) is 0. The maximum Gasteiger partial charge on any atom is 0.274 e. The molecular formula is C16H20N4O. The van der Waals surface area contributed by atoms with Crippen LogP contribution in [0.25, 0.3) is 0 Å². The monoisotopic (exact) mass is 284 g/mol. The Morgan fingerprint density at radius 1 is 1.19 bits per heavy atom. The minimum absolute atomic E-state index is 0.0677. The van der Waals surface area contributed by atoms with Gasteiger partial charge in [0.15, 0.2) is 0 Å². The van der Waals surface area contributed by atoms with Gasteiger partial charge in [-0.1, -0.05) is 12.1 Å². The van der Waals surface area contributed by atoms with E-state index < -0.39 is 0 Å². The van der Waals surface area contributed by atoms with Crippen LogP contribution in [0.2, 0.25) is 0 Å². The van der Waals surface area contributed by atoms with Crippen LogP contribution in [0.1, 0.15) is 35.6 Å². The van der Waals surface area contributed by atoms with Crippen LogP contribution < -0.4 is 5.73 Å². The second-order valence-corrected chi connectivity index (χ2v) is 5.31. The van der Waals surface area contributed by atoms with E-state index in [9.17, 15) is 4.79 Å². The third-order valence-electron chi connectivity index (χ3n) is 3.22. The second-order valence-electron chi connectivity index (χ2n) is 5.31. The zero-order valence-corrected chi connectivity index (χ0v) is 12.6. The molecule has 0 aliphatic rings. The Morgan fingerprint density at radius 3 is 2.38 bits per heavy atom. The van der Waals surface area contributed by atoms with Crippen LogP contribution in [-0.2, 0) is 6.54 Å². The number of hydrogen-bond acceptors (Lipinski definition) is 4. The summed E-state index contributed by atoms with van der Waals surface area (Å²) in [5.74, 6) is -0.116. The topological polar surface area (TPSA) is 72.1 Å². The van der Waals surface area contributed by atoms with Gasteiger partial charge in [0.1, 0.15) is 5.69 Å². The number of aromatic nitrogens is 2. The molecule has 1 aromatic heterocycles. The molecule has 110 valence electrons.